The number of carbonyl (C=O) groups is 1. The Kier molecular flexibility index (Phi) is 4.92. The monoisotopic (exact) mass is 306 g/mol. The van der Waals surface area contributed by atoms with Crippen LogP contribution in [0.3, 0.4) is 0 Å². The number of aromatic nitrogens is 4. The number of carbonyl (C=O) groups excluding carboxylic acids is 1. The van der Waals surface area contributed by atoms with Gasteiger partial charge in [0.05, 0.1) is 11.2 Å². The second-order valence-electron chi connectivity index (χ2n) is 4.94. The van der Waals surface area contributed by atoms with Gasteiger partial charge in [-0.15, -0.1) is 5.10 Å². The predicted molar refractivity (Wildman–Crippen MR) is 80.9 cm³/mol. The highest BCUT2D eigenvalue weighted by atomic mass is 32.2. The van der Waals surface area contributed by atoms with Crippen molar-refractivity contribution in [3.8, 4) is 5.69 Å². The molecule has 2 aromatic rings. The molecule has 0 saturated heterocycles. The molecule has 21 heavy (non-hydrogen) atoms. The van der Waals surface area contributed by atoms with Crippen molar-refractivity contribution in [3.63, 3.8) is 0 Å². The molecule has 1 heterocycles. The maximum atomic E-state index is 11.1. The summed E-state index contributed by atoms with van der Waals surface area (Å²) in [6.07, 6.45) is 1.28. The minimum absolute atomic E-state index is 0.485. The molecule has 0 aliphatic carbocycles. The molecular weight excluding hydrogens is 288 g/mol. The highest BCUT2D eigenvalue weighted by Gasteiger charge is 2.24. The Morgan fingerprint density at radius 2 is 2.10 bits per heavy atom. The fourth-order valence-electron chi connectivity index (χ4n) is 1.73. The zero-order chi connectivity index (χ0) is 15.3. The zero-order valence-electron chi connectivity index (χ0n) is 11.8. The molecule has 0 bridgehead atoms. The lowest BCUT2D eigenvalue weighted by atomic mass is 9.97. The van der Waals surface area contributed by atoms with Gasteiger partial charge in [-0.2, -0.15) is 4.68 Å². The fourth-order valence-corrected chi connectivity index (χ4v) is 2.56. The van der Waals surface area contributed by atoms with Crippen molar-refractivity contribution in [3.05, 3.63) is 30.3 Å². The summed E-state index contributed by atoms with van der Waals surface area (Å²) in [4.78, 5) is 11.1. The Hall–Kier alpha value is -1.93. The number of tetrazole rings is 1. The summed E-state index contributed by atoms with van der Waals surface area (Å²) < 4.78 is 1.68. The Labute approximate surface area is 127 Å². The van der Waals surface area contributed by atoms with E-state index in [9.17, 15) is 4.79 Å². The highest BCUT2D eigenvalue weighted by Crippen LogP contribution is 2.20. The van der Waals surface area contributed by atoms with Gasteiger partial charge < -0.3 is 11.5 Å². The molecular formula is C13H18N6OS. The molecule has 1 amide bonds. The summed E-state index contributed by atoms with van der Waals surface area (Å²) in [5, 5.41) is 12.4. The first-order valence-corrected chi connectivity index (χ1v) is 7.54. The number of amides is 1. The molecule has 7 nitrogen and oxygen atoms in total. The largest absolute Gasteiger partial charge is 0.368 e. The molecule has 1 aromatic heterocycles. The van der Waals surface area contributed by atoms with Crippen LogP contribution in [0.1, 0.15) is 19.8 Å². The third kappa shape index (κ3) is 4.02. The Morgan fingerprint density at radius 3 is 2.76 bits per heavy atom. The average Bonchev–Trinajstić information content (AvgIpc) is 2.93. The summed E-state index contributed by atoms with van der Waals surface area (Å²) in [5.41, 5.74) is 11.0. The van der Waals surface area contributed by atoms with Gasteiger partial charge in [-0.1, -0.05) is 30.0 Å². The van der Waals surface area contributed by atoms with Crippen molar-refractivity contribution in [2.75, 3.05) is 5.75 Å². The van der Waals surface area contributed by atoms with Gasteiger partial charge in [0.1, 0.15) is 0 Å². The van der Waals surface area contributed by atoms with Gasteiger partial charge in [0, 0.05) is 5.75 Å². The van der Waals surface area contributed by atoms with Gasteiger partial charge in [0.2, 0.25) is 11.1 Å². The van der Waals surface area contributed by atoms with Gasteiger partial charge >= 0.3 is 0 Å². The quantitative estimate of drug-likeness (QED) is 0.576. The Balaban J connectivity index is 1.91. The van der Waals surface area contributed by atoms with E-state index in [4.69, 9.17) is 11.5 Å². The number of rotatable bonds is 7. The second-order valence-corrected chi connectivity index (χ2v) is 6.00. The molecule has 1 atom stereocenters. The van der Waals surface area contributed by atoms with E-state index in [-0.39, 0.29) is 0 Å². The Morgan fingerprint density at radius 1 is 1.38 bits per heavy atom. The van der Waals surface area contributed by atoms with Gasteiger partial charge in [-0.3, -0.25) is 4.79 Å². The molecule has 0 saturated carbocycles. The molecule has 2 rings (SSSR count). The summed E-state index contributed by atoms with van der Waals surface area (Å²) in [7, 11) is 0. The fraction of sp³-hybridized carbons (Fsp3) is 0.385. The standard InChI is InChI=1S/C13H18N6OS/c1-13(15,11(14)20)8-5-9-21-12-16-17-18-19(12)10-6-3-2-4-7-10/h2-4,6-7H,5,8-9,15H2,1H3,(H2,14,20). The van der Waals surface area contributed by atoms with Gasteiger partial charge in [0.25, 0.3) is 0 Å². The first-order chi connectivity index (χ1) is 10.0. The number of nitrogens with zero attached hydrogens (tertiary/aromatic N) is 4. The number of hydrogen-bond acceptors (Lipinski definition) is 6. The summed E-state index contributed by atoms with van der Waals surface area (Å²) in [6, 6.07) is 9.66. The summed E-state index contributed by atoms with van der Waals surface area (Å²) in [5.74, 6) is 0.273. The van der Waals surface area contributed by atoms with Crippen LogP contribution in [0.2, 0.25) is 0 Å². The molecule has 1 aromatic carbocycles. The maximum Gasteiger partial charge on any atom is 0.237 e. The molecule has 0 aliphatic rings. The molecule has 0 spiro atoms. The highest BCUT2D eigenvalue weighted by molar-refractivity contribution is 7.99. The van der Waals surface area contributed by atoms with Gasteiger partial charge in [0.15, 0.2) is 0 Å². The third-order valence-corrected chi connectivity index (χ3v) is 4.08. The first-order valence-electron chi connectivity index (χ1n) is 6.56. The molecule has 0 aliphatic heterocycles. The van der Waals surface area contributed by atoms with Crippen LogP contribution in [-0.4, -0.2) is 37.4 Å². The van der Waals surface area contributed by atoms with Crippen molar-refractivity contribution >= 4 is 17.7 Å². The van der Waals surface area contributed by atoms with Crippen LogP contribution in [0.5, 0.6) is 0 Å². The maximum absolute atomic E-state index is 11.1. The lowest BCUT2D eigenvalue weighted by Crippen LogP contribution is -2.49. The minimum Gasteiger partial charge on any atom is -0.368 e. The van der Waals surface area contributed by atoms with Crippen molar-refractivity contribution in [2.45, 2.75) is 30.5 Å². The van der Waals surface area contributed by atoms with Crippen molar-refractivity contribution in [1.29, 1.82) is 0 Å². The number of benzene rings is 1. The van der Waals surface area contributed by atoms with E-state index < -0.39 is 11.4 Å². The molecule has 4 N–H and O–H groups in total. The van der Waals surface area contributed by atoms with Crippen LogP contribution < -0.4 is 11.5 Å². The van der Waals surface area contributed by atoms with Crippen molar-refractivity contribution < 1.29 is 4.79 Å². The smallest absolute Gasteiger partial charge is 0.237 e. The molecule has 0 fully saturated rings. The number of thioether (sulfide) groups is 1. The number of primary amides is 1. The van der Waals surface area contributed by atoms with E-state index in [1.165, 1.54) is 11.8 Å². The van der Waals surface area contributed by atoms with Gasteiger partial charge in [-0.05, 0) is 42.3 Å². The van der Waals surface area contributed by atoms with E-state index in [1.54, 1.807) is 11.6 Å². The molecule has 0 radical (unpaired) electrons. The van der Waals surface area contributed by atoms with E-state index in [2.05, 4.69) is 15.5 Å². The summed E-state index contributed by atoms with van der Waals surface area (Å²) in [6.45, 7) is 1.65. The first kappa shape index (κ1) is 15.5. The van der Waals surface area contributed by atoms with Crippen LogP contribution >= 0.6 is 11.8 Å². The van der Waals surface area contributed by atoms with Crippen LogP contribution in [0.4, 0.5) is 0 Å². The van der Waals surface area contributed by atoms with Crippen molar-refractivity contribution in [1.82, 2.24) is 20.2 Å². The molecule has 8 heteroatoms. The van der Waals surface area contributed by atoms with E-state index >= 15 is 0 Å². The van der Waals surface area contributed by atoms with Crippen LogP contribution in [0.15, 0.2) is 35.5 Å². The second kappa shape index (κ2) is 6.68. The zero-order valence-corrected chi connectivity index (χ0v) is 12.6. The SMILES string of the molecule is CC(N)(CCCSc1nnnn1-c1ccccc1)C(N)=O. The lowest BCUT2D eigenvalue weighted by molar-refractivity contribution is -0.122. The van der Waals surface area contributed by atoms with Crippen LogP contribution in [-0.2, 0) is 4.79 Å². The predicted octanol–water partition coefficient (Wildman–Crippen LogP) is 0.737. The summed E-state index contributed by atoms with van der Waals surface area (Å²) >= 11 is 1.52. The lowest BCUT2D eigenvalue weighted by Gasteiger charge is -2.19. The van der Waals surface area contributed by atoms with Crippen LogP contribution in [0.25, 0.3) is 5.69 Å². The third-order valence-electron chi connectivity index (χ3n) is 3.08. The average molecular weight is 306 g/mol. The van der Waals surface area contributed by atoms with E-state index in [0.29, 0.717) is 11.6 Å². The van der Waals surface area contributed by atoms with E-state index in [1.807, 2.05) is 30.3 Å². The van der Waals surface area contributed by atoms with Crippen molar-refractivity contribution in [2.24, 2.45) is 11.5 Å². The number of para-hydroxylation sites is 1. The minimum atomic E-state index is -0.966. The normalized spacial score (nSPS) is 13.8. The van der Waals surface area contributed by atoms with Crippen LogP contribution in [0, 0.1) is 0 Å². The Bertz CT molecular complexity index is 598. The number of nitrogens with two attached hydrogens (primary N) is 2. The molecule has 112 valence electrons. The molecule has 1 unspecified atom stereocenters. The van der Waals surface area contributed by atoms with E-state index in [0.717, 1.165) is 17.9 Å². The topological polar surface area (TPSA) is 113 Å². The number of hydrogen-bond donors (Lipinski definition) is 2. The van der Waals surface area contributed by atoms with Gasteiger partial charge in [-0.25, -0.2) is 0 Å².